The average molecular weight is 344 g/mol. The van der Waals surface area contributed by atoms with Crippen LogP contribution in [-0.2, 0) is 11.2 Å². The number of ether oxygens (including phenoxy) is 1. The zero-order valence-electron chi connectivity index (χ0n) is 12.2. The maximum Gasteiger partial charge on any atom is 0.137 e. The summed E-state index contributed by atoms with van der Waals surface area (Å²) in [5, 5.41) is 3.52. The van der Waals surface area contributed by atoms with Crippen molar-refractivity contribution in [3.05, 3.63) is 34.1 Å². The van der Waals surface area contributed by atoms with Crippen molar-refractivity contribution in [2.24, 2.45) is 0 Å². The van der Waals surface area contributed by atoms with E-state index in [0.29, 0.717) is 4.47 Å². The molecule has 0 aromatic heterocycles. The molecule has 2 atom stereocenters. The number of hydrogen-bond acceptors (Lipinski definition) is 2. The van der Waals surface area contributed by atoms with E-state index in [9.17, 15) is 4.39 Å². The third-order valence-electron chi connectivity index (χ3n) is 4.14. The summed E-state index contributed by atoms with van der Waals surface area (Å²) in [7, 11) is 0. The molecule has 1 aromatic carbocycles. The molecule has 1 N–H and O–H groups in total. The van der Waals surface area contributed by atoms with Gasteiger partial charge < -0.3 is 10.1 Å². The molecule has 1 aliphatic heterocycles. The number of hydrogen-bond donors (Lipinski definition) is 1. The molecule has 1 heterocycles. The van der Waals surface area contributed by atoms with Crippen LogP contribution in [0.5, 0.6) is 0 Å². The highest BCUT2D eigenvalue weighted by Gasteiger charge is 2.36. The van der Waals surface area contributed by atoms with Crippen molar-refractivity contribution in [3.63, 3.8) is 0 Å². The van der Waals surface area contributed by atoms with Crippen LogP contribution in [-0.4, -0.2) is 24.8 Å². The third-order valence-corrected chi connectivity index (χ3v) is 5.03. The largest absolute Gasteiger partial charge is 0.374 e. The molecule has 0 bridgehead atoms. The number of benzene rings is 1. The number of rotatable bonds is 5. The first kappa shape index (κ1) is 15.9. The van der Waals surface area contributed by atoms with Crippen molar-refractivity contribution in [1.29, 1.82) is 0 Å². The summed E-state index contributed by atoms with van der Waals surface area (Å²) in [6, 6.07) is 5.42. The zero-order valence-corrected chi connectivity index (χ0v) is 13.8. The van der Waals surface area contributed by atoms with E-state index in [1.165, 1.54) is 12.5 Å². The molecule has 1 aromatic rings. The van der Waals surface area contributed by atoms with E-state index in [2.05, 4.69) is 35.1 Å². The molecule has 1 fully saturated rings. The van der Waals surface area contributed by atoms with Gasteiger partial charge in [-0.2, -0.15) is 0 Å². The highest BCUT2D eigenvalue weighted by Crippen LogP contribution is 2.31. The monoisotopic (exact) mass is 343 g/mol. The number of likely N-dealkylation sites (N-methyl/N-ethyl adjacent to an activating group) is 1. The molecule has 1 aliphatic rings. The van der Waals surface area contributed by atoms with E-state index in [-0.39, 0.29) is 17.5 Å². The van der Waals surface area contributed by atoms with E-state index >= 15 is 0 Å². The smallest absolute Gasteiger partial charge is 0.137 e. The van der Waals surface area contributed by atoms with Gasteiger partial charge >= 0.3 is 0 Å². The molecule has 20 heavy (non-hydrogen) atoms. The average Bonchev–Trinajstić information content (AvgIpc) is 2.44. The van der Waals surface area contributed by atoms with E-state index in [1.54, 1.807) is 6.07 Å². The summed E-state index contributed by atoms with van der Waals surface area (Å²) in [5.41, 5.74) is 0.825. The molecule has 1 saturated heterocycles. The van der Waals surface area contributed by atoms with Crippen LogP contribution in [0.1, 0.15) is 38.7 Å². The molecule has 4 heteroatoms. The molecule has 2 nitrogen and oxygen atoms in total. The Labute approximate surface area is 129 Å². The maximum atomic E-state index is 13.7. The van der Waals surface area contributed by atoms with Gasteiger partial charge in [0.2, 0.25) is 0 Å². The lowest BCUT2D eigenvalue weighted by molar-refractivity contribution is -0.0881. The maximum absolute atomic E-state index is 13.7. The minimum Gasteiger partial charge on any atom is -0.374 e. The van der Waals surface area contributed by atoms with Gasteiger partial charge in [-0.25, -0.2) is 4.39 Å². The Morgan fingerprint density at radius 3 is 2.90 bits per heavy atom. The van der Waals surface area contributed by atoms with Gasteiger partial charge in [0.1, 0.15) is 5.82 Å². The molecule has 0 aliphatic carbocycles. The highest BCUT2D eigenvalue weighted by molar-refractivity contribution is 9.10. The summed E-state index contributed by atoms with van der Waals surface area (Å²) >= 11 is 3.36. The van der Waals surface area contributed by atoms with Gasteiger partial charge in [-0.05, 0) is 66.7 Å². The van der Waals surface area contributed by atoms with Gasteiger partial charge in [0.05, 0.1) is 10.1 Å². The zero-order chi connectivity index (χ0) is 14.6. The van der Waals surface area contributed by atoms with Crippen molar-refractivity contribution >= 4 is 15.9 Å². The Balaban J connectivity index is 2.18. The van der Waals surface area contributed by atoms with Gasteiger partial charge in [0.15, 0.2) is 0 Å². The Kier molecular flexibility index (Phi) is 5.58. The predicted octanol–water partition coefficient (Wildman–Crippen LogP) is 4.07. The van der Waals surface area contributed by atoms with Crippen LogP contribution in [0.25, 0.3) is 0 Å². The quantitative estimate of drug-likeness (QED) is 0.870. The normalized spacial score (nSPS) is 24.6. The number of halogens is 2. The second-order valence-corrected chi connectivity index (χ2v) is 6.44. The van der Waals surface area contributed by atoms with E-state index in [1.807, 2.05) is 6.07 Å². The van der Waals surface area contributed by atoms with Gasteiger partial charge in [-0.3, -0.25) is 0 Å². The minimum atomic E-state index is -0.201. The highest BCUT2D eigenvalue weighted by atomic mass is 79.9. The topological polar surface area (TPSA) is 21.3 Å². The van der Waals surface area contributed by atoms with Gasteiger partial charge in [0, 0.05) is 12.6 Å². The molecule has 0 saturated carbocycles. The second kappa shape index (κ2) is 7.01. The second-order valence-electron chi connectivity index (χ2n) is 5.65. The molecule has 0 spiro atoms. The van der Waals surface area contributed by atoms with Crippen molar-refractivity contribution < 1.29 is 9.13 Å². The van der Waals surface area contributed by atoms with Crippen LogP contribution >= 0.6 is 15.9 Å². The van der Waals surface area contributed by atoms with Gasteiger partial charge in [-0.1, -0.05) is 19.1 Å². The first-order chi connectivity index (χ1) is 9.57. The SMILES string of the molecule is CCNC(Cc1cccc(F)c1Br)C1(C)CCCCO1. The molecule has 0 amide bonds. The lowest BCUT2D eigenvalue weighted by Gasteiger charge is -2.41. The number of nitrogens with one attached hydrogen (secondary N) is 1. The third kappa shape index (κ3) is 3.60. The van der Waals surface area contributed by atoms with Crippen LogP contribution in [0, 0.1) is 5.82 Å². The van der Waals surface area contributed by atoms with Crippen LogP contribution in [0.4, 0.5) is 4.39 Å². The van der Waals surface area contributed by atoms with E-state index in [4.69, 9.17) is 4.74 Å². The first-order valence-corrected chi connectivity index (χ1v) is 8.16. The van der Waals surface area contributed by atoms with E-state index in [0.717, 1.165) is 38.0 Å². The fourth-order valence-corrected chi connectivity index (χ4v) is 3.33. The predicted molar refractivity (Wildman–Crippen MR) is 83.5 cm³/mol. The molecular weight excluding hydrogens is 321 g/mol. The Bertz CT molecular complexity index is 446. The van der Waals surface area contributed by atoms with Crippen molar-refractivity contribution in [3.8, 4) is 0 Å². The molecular formula is C16H23BrFNO. The van der Waals surface area contributed by atoms with Gasteiger partial charge in [-0.15, -0.1) is 0 Å². The van der Waals surface area contributed by atoms with Crippen LogP contribution in [0.2, 0.25) is 0 Å². The van der Waals surface area contributed by atoms with Crippen molar-refractivity contribution in [1.82, 2.24) is 5.32 Å². The van der Waals surface area contributed by atoms with Crippen LogP contribution in [0.15, 0.2) is 22.7 Å². The first-order valence-electron chi connectivity index (χ1n) is 7.37. The summed E-state index contributed by atoms with van der Waals surface area (Å²) in [4.78, 5) is 0. The van der Waals surface area contributed by atoms with Gasteiger partial charge in [0.25, 0.3) is 0 Å². The summed E-state index contributed by atoms with van der Waals surface area (Å²) in [5.74, 6) is -0.201. The summed E-state index contributed by atoms with van der Waals surface area (Å²) < 4.78 is 20.3. The Morgan fingerprint density at radius 2 is 2.25 bits per heavy atom. The summed E-state index contributed by atoms with van der Waals surface area (Å²) in [6.07, 6.45) is 4.15. The molecule has 0 radical (unpaired) electrons. The van der Waals surface area contributed by atoms with Crippen LogP contribution in [0.3, 0.4) is 0 Å². The molecule has 2 rings (SSSR count). The molecule has 112 valence electrons. The lowest BCUT2D eigenvalue weighted by Crippen LogP contribution is -2.53. The lowest BCUT2D eigenvalue weighted by atomic mass is 9.84. The van der Waals surface area contributed by atoms with E-state index < -0.39 is 0 Å². The van der Waals surface area contributed by atoms with Crippen molar-refractivity contribution in [2.75, 3.05) is 13.2 Å². The Morgan fingerprint density at radius 1 is 1.45 bits per heavy atom. The Hall–Kier alpha value is -0.450. The summed E-state index contributed by atoms with van der Waals surface area (Å²) in [6.45, 7) is 5.98. The fraction of sp³-hybridized carbons (Fsp3) is 0.625. The minimum absolute atomic E-state index is 0.167. The van der Waals surface area contributed by atoms with Crippen LogP contribution < -0.4 is 5.32 Å². The standard InChI is InChI=1S/C16H23BrFNO/c1-3-19-14(16(2)9-4-5-10-20-16)11-12-7-6-8-13(18)15(12)17/h6-8,14,19H,3-5,9-11H2,1-2H3. The molecule has 2 unspecified atom stereocenters. The fourth-order valence-electron chi connectivity index (χ4n) is 2.91. The van der Waals surface area contributed by atoms with Crippen molar-refractivity contribution in [2.45, 2.75) is 51.2 Å².